The van der Waals surface area contributed by atoms with Crippen LogP contribution in [0.15, 0.2) is 0 Å². The third kappa shape index (κ3) is 17200. The Labute approximate surface area is 105 Å². The van der Waals surface area contributed by atoms with Crippen LogP contribution >= 0.6 is 0 Å². The molecule has 0 aromatic rings. The normalized spacial score (nSPS) is 1.85. The third-order valence-corrected chi connectivity index (χ3v) is 0. The van der Waals surface area contributed by atoms with E-state index in [-0.39, 0.29) is 83.7 Å². The zero-order valence-electron chi connectivity index (χ0n) is 6.16. The summed E-state index contributed by atoms with van der Waals surface area (Å²) in [6.07, 6.45) is -1.83. The van der Waals surface area contributed by atoms with Gasteiger partial charge in [-0.25, -0.2) is 4.79 Å². The van der Waals surface area contributed by atoms with E-state index in [0.29, 0.717) is 0 Å². The molecule has 0 aromatic carbocycles. The smallest absolute Gasteiger partial charge is 0.450 e. The van der Waals surface area contributed by atoms with E-state index in [0.717, 1.165) is 0 Å². The van der Waals surface area contributed by atoms with Crippen LogP contribution in [0.4, 0.5) is 4.79 Å². The quantitative estimate of drug-likeness (QED) is 0.424. The first-order chi connectivity index (χ1) is 1.73. The zero-order chi connectivity index (χ0) is 3.58. The Kier molecular flexibility index (Phi) is 2090. The van der Waals surface area contributed by atoms with Crippen molar-refractivity contribution in [2.24, 2.45) is 0 Å². The number of carbonyl (C=O) groups is 1. The molecule has 0 amide bonds. The van der Waals surface area contributed by atoms with Crippen LogP contribution < -0.4 is 0 Å². The van der Waals surface area contributed by atoms with Crippen molar-refractivity contribution in [1.29, 1.82) is 0 Å². The maximum Gasteiger partial charge on any atom is 0.503 e. The third-order valence-electron chi connectivity index (χ3n) is 0. The second kappa shape index (κ2) is 146. The molecule has 0 atom stereocenters. The minimum atomic E-state index is -1.83. The molecule has 0 heterocycles. The molecule has 0 aliphatic carbocycles. The molecule has 0 aromatic heterocycles. The summed E-state index contributed by atoms with van der Waals surface area (Å²) in [6.45, 7) is 0. The number of hydrogen-bond donors (Lipinski definition) is 2. The first-order valence-electron chi connectivity index (χ1n) is 0.651. The molecule has 0 bridgehead atoms. The Bertz CT molecular complexity index is 33.1. The second-order valence-electron chi connectivity index (χ2n) is 0.283. The van der Waals surface area contributed by atoms with E-state index in [1.54, 1.807) is 0 Å². The second-order valence-corrected chi connectivity index (χ2v) is 0.283. The number of rotatable bonds is 0. The van der Waals surface area contributed by atoms with E-state index in [1.165, 1.54) is 0 Å². The van der Waals surface area contributed by atoms with Gasteiger partial charge in [0, 0.05) is 39.9 Å². The van der Waals surface area contributed by atoms with Crippen molar-refractivity contribution in [1.82, 2.24) is 0 Å². The molecule has 0 spiro atoms. The van der Waals surface area contributed by atoms with Gasteiger partial charge in [-0.1, -0.05) is 0 Å². The van der Waals surface area contributed by atoms with Crippen molar-refractivity contribution >= 4 is 6.16 Å². The van der Waals surface area contributed by atoms with Crippen molar-refractivity contribution in [3.8, 4) is 0 Å². The van der Waals surface area contributed by atoms with E-state index in [9.17, 15) is 0 Å². The first-order valence-corrected chi connectivity index (χ1v) is 0.651. The summed E-state index contributed by atoms with van der Waals surface area (Å²) in [5, 5.41) is 13.9. The van der Waals surface area contributed by atoms with Gasteiger partial charge in [-0.15, -0.1) is 0 Å². The monoisotopic (exact) mass is 364 g/mol. The first kappa shape index (κ1) is 187. The van der Waals surface area contributed by atoms with Gasteiger partial charge in [0.15, 0.2) is 0 Å². The molecule has 12 heteroatoms. The Morgan fingerprint density at radius 2 is 0.615 bits per heavy atom. The molecule has 0 aliphatic heterocycles. The summed E-state index contributed by atoms with van der Waals surface area (Å²) in [7, 11) is 0. The van der Waals surface area contributed by atoms with Crippen LogP contribution in [0.2, 0.25) is 0 Å². The standard InChI is InChI=1S/CH2O3.Gd.8H2O/c2-1(3)4;;;;;;;;;/h(H2,2,3,4);;8*1H2. The van der Waals surface area contributed by atoms with Crippen molar-refractivity contribution < 1.29 is 98.8 Å². The Balaban J connectivity index is -0.00000000125. The van der Waals surface area contributed by atoms with Crippen LogP contribution in [-0.2, 0) is 0 Å². The van der Waals surface area contributed by atoms with E-state index in [2.05, 4.69) is 0 Å². The van der Waals surface area contributed by atoms with Gasteiger partial charge in [0.05, 0.1) is 0 Å². The summed E-state index contributed by atoms with van der Waals surface area (Å²) in [6, 6.07) is 0. The van der Waals surface area contributed by atoms with Crippen LogP contribution in [0.3, 0.4) is 0 Å². The predicted molar refractivity (Wildman–Crippen MR) is 39.6 cm³/mol. The van der Waals surface area contributed by atoms with Crippen LogP contribution in [0.1, 0.15) is 0 Å². The van der Waals surface area contributed by atoms with Gasteiger partial charge in [0.1, 0.15) is 0 Å². The SMILES string of the molecule is O.O.O.O.O.O.O.O.O=C(O)O.[Gd]. The van der Waals surface area contributed by atoms with Gasteiger partial charge >= 0.3 is 6.16 Å². The average Bonchev–Trinajstić information content (AvgIpc) is 0.811. The summed E-state index contributed by atoms with van der Waals surface area (Å²) in [5.74, 6) is 0. The summed E-state index contributed by atoms with van der Waals surface area (Å²) in [5.41, 5.74) is 0. The average molecular weight is 363 g/mol. The van der Waals surface area contributed by atoms with Crippen LogP contribution in [-0.4, -0.2) is 60.2 Å². The van der Waals surface area contributed by atoms with Crippen LogP contribution in [0, 0.1) is 39.9 Å². The van der Waals surface area contributed by atoms with Gasteiger partial charge in [-0.2, -0.15) is 0 Å². The Morgan fingerprint density at radius 1 is 0.615 bits per heavy atom. The molecule has 0 aliphatic rings. The predicted octanol–water partition coefficient (Wildman–Crippen LogP) is -6.38. The molecular formula is CH18GdO11. The summed E-state index contributed by atoms with van der Waals surface area (Å²) in [4.78, 5) is 8.56. The fourth-order valence-corrected chi connectivity index (χ4v) is 0. The summed E-state index contributed by atoms with van der Waals surface area (Å²) >= 11 is 0. The van der Waals surface area contributed by atoms with Crippen molar-refractivity contribution in [2.75, 3.05) is 0 Å². The molecule has 96 valence electrons. The molecule has 0 unspecified atom stereocenters. The molecule has 0 saturated heterocycles. The van der Waals surface area contributed by atoms with Gasteiger partial charge in [-0.05, 0) is 0 Å². The minimum absolute atomic E-state index is 0. The number of carboxylic acid groups (broad SMARTS) is 2. The molecule has 18 N–H and O–H groups in total. The Morgan fingerprint density at radius 3 is 0.615 bits per heavy atom. The fraction of sp³-hybridized carbons (Fsp3) is 0. The largest absolute Gasteiger partial charge is 0.503 e. The molecule has 11 nitrogen and oxygen atoms in total. The topological polar surface area (TPSA) is 310 Å². The van der Waals surface area contributed by atoms with Crippen molar-refractivity contribution in [3.05, 3.63) is 0 Å². The van der Waals surface area contributed by atoms with Crippen LogP contribution in [0.5, 0.6) is 0 Å². The minimum Gasteiger partial charge on any atom is -0.450 e. The Hall–Kier alpha value is 0.275. The van der Waals surface area contributed by atoms with Gasteiger partial charge < -0.3 is 54.0 Å². The van der Waals surface area contributed by atoms with Crippen molar-refractivity contribution in [3.63, 3.8) is 0 Å². The van der Waals surface area contributed by atoms with Crippen LogP contribution in [0.25, 0.3) is 0 Å². The van der Waals surface area contributed by atoms with Gasteiger partial charge in [0.2, 0.25) is 0 Å². The molecular weight excluding hydrogens is 345 g/mol. The molecule has 13 heavy (non-hydrogen) atoms. The van der Waals surface area contributed by atoms with Gasteiger partial charge in [0.25, 0.3) is 0 Å². The number of hydrogen-bond acceptors (Lipinski definition) is 1. The van der Waals surface area contributed by atoms with E-state index in [1.807, 2.05) is 0 Å². The van der Waals surface area contributed by atoms with Gasteiger partial charge in [-0.3, -0.25) is 0 Å². The molecule has 0 saturated carbocycles. The van der Waals surface area contributed by atoms with Crippen molar-refractivity contribution in [2.45, 2.75) is 0 Å². The zero-order valence-corrected chi connectivity index (χ0v) is 8.42. The molecule has 0 radical (unpaired) electrons. The summed E-state index contributed by atoms with van der Waals surface area (Å²) < 4.78 is 0. The van der Waals surface area contributed by atoms with E-state index >= 15 is 0 Å². The van der Waals surface area contributed by atoms with E-state index in [4.69, 9.17) is 15.0 Å². The molecule has 0 rings (SSSR count). The maximum atomic E-state index is 8.56. The molecule has 0 fully saturated rings. The maximum absolute atomic E-state index is 8.56. The van der Waals surface area contributed by atoms with E-state index < -0.39 is 6.16 Å². The fourth-order valence-electron chi connectivity index (χ4n) is 0.